The van der Waals surface area contributed by atoms with E-state index in [1.807, 2.05) is 0 Å². The Labute approximate surface area is 193 Å². The summed E-state index contributed by atoms with van der Waals surface area (Å²) >= 11 is 0. The predicted octanol–water partition coefficient (Wildman–Crippen LogP) is 2.38. The Morgan fingerprint density at radius 2 is 1.21 bits per heavy atom. The van der Waals surface area contributed by atoms with Crippen molar-refractivity contribution in [3.8, 4) is 0 Å². The lowest BCUT2D eigenvalue weighted by atomic mass is 9.73. The van der Waals surface area contributed by atoms with Crippen molar-refractivity contribution < 1.29 is 33.7 Å². The maximum atomic E-state index is 13.6. The van der Waals surface area contributed by atoms with Gasteiger partial charge in [-0.3, -0.25) is 39.5 Å². The molecular weight excluding hydrogens is 450 g/mol. The number of ketones is 1. The number of rotatable bonds is 6. The number of piperidine rings is 1. The number of likely N-dealkylation sites (tertiary alicyclic amines) is 1. The number of non-ortho nitro benzene ring substituents is 2. The Balaban J connectivity index is 2.25. The van der Waals surface area contributed by atoms with Gasteiger partial charge in [0.25, 0.3) is 11.4 Å². The van der Waals surface area contributed by atoms with Crippen LogP contribution in [0.25, 0.3) is 0 Å². The average Bonchev–Trinajstić information content (AvgIpc) is 2.83. The van der Waals surface area contributed by atoms with Crippen LogP contribution >= 0.6 is 0 Å². The van der Waals surface area contributed by atoms with Crippen molar-refractivity contribution in [1.29, 1.82) is 0 Å². The van der Waals surface area contributed by atoms with Crippen molar-refractivity contribution in [2.75, 3.05) is 21.3 Å². The third-order valence-electron chi connectivity index (χ3n) is 5.88. The van der Waals surface area contributed by atoms with Gasteiger partial charge in [-0.1, -0.05) is 24.3 Å². The number of esters is 2. The van der Waals surface area contributed by atoms with E-state index in [0.717, 1.165) is 14.2 Å². The highest BCUT2D eigenvalue weighted by Gasteiger charge is 2.55. The minimum atomic E-state index is -1.50. The summed E-state index contributed by atoms with van der Waals surface area (Å²) in [5.41, 5.74) is 0.00584. The van der Waals surface area contributed by atoms with E-state index in [1.54, 1.807) is 0 Å². The molecule has 0 amide bonds. The molecule has 2 aromatic carbocycles. The van der Waals surface area contributed by atoms with Gasteiger partial charge in [0.1, 0.15) is 11.8 Å². The van der Waals surface area contributed by atoms with Gasteiger partial charge in [-0.15, -0.1) is 0 Å². The maximum absolute atomic E-state index is 13.6. The lowest BCUT2D eigenvalue weighted by molar-refractivity contribution is -0.385. The van der Waals surface area contributed by atoms with E-state index >= 15 is 0 Å². The number of ether oxygens (including phenoxy) is 2. The van der Waals surface area contributed by atoms with Crippen LogP contribution in [0.2, 0.25) is 0 Å². The SMILES string of the molecule is COC(=O)C1C(=O)C(C(=O)OC)C(c2cccc([N+](=O)[O-])c2)N(C)C1c1cccc([N+](=O)[O-])c1. The molecule has 2 aromatic rings. The first-order valence-electron chi connectivity index (χ1n) is 10.0. The summed E-state index contributed by atoms with van der Waals surface area (Å²) in [5, 5.41) is 22.7. The number of hydrogen-bond acceptors (Lipinski definition) is 10. The first-order valence-corrected chi connectivity index (χ1v) is 10.0. The predicted molar refractivity (Wildman–Crippen MR) is 115 cm³/mol. The molecule has 1 aliphatic rings. The van der Waals surface area contributed by atoms with Gasteiger partial charge in [0, 0.05) is 24.3 Å². The van der Waals surface area contributed by atoms with Crippen LogP contribution in [0.1, 0.15) is 23.2 Å². The Bertz CT molecular complexity index is 1080. The largest absolute Gasteiger partial charge is 0.468 e. The number of nitro groups is 2. The van der Waals surface area contributed by atoms with Gasteiger partial charge in [0.2, 0.25) is 0 Å². The quantitative estimate of drug-likeness (QED) is 0.265. The molecule has 0 radical (unpaired) electrons. The number of nitro benzene ring substituents is 2. The van der Waals surface area contributed by atoms with Gasteiger partial charge in [-0.2, -0.15) is 0 Å². The number of Topliss-reactive ketones (excluding diaryl/α,β-unsaturated/α-hetero) is 1. The first kappa shape index (κ1) is 24.5. The van der Waals surface area contributed by atoms with Crippen molar-refractivity contribution >= 4 is 29.1 Å². The topological polar surface area (TPSA) is 159 Å². The van der Waals surface area contributed by atoms with E-state index in [9.17, 15) is 34.6 Å². The monoisotopic (exact) mass is 471 g/mol. The lowest BCUT2D eigenvalue weighted by Crippen LogP contribution is -2.54. The molecule has 0 aliphatic carbocycles. The van der Waals surface area contributed by atoms with Crippen LogP contribution in [0, 0.1) is 32.1 Å². The van der Waals surface area contributed by atoms with E-state index in [2.05, 4.69) is 0 Å². The summed E-state index contributed by atoms with van der Waals surface area (Å²) in [4.78, 5) is 62.0. The fourth-order valence-corrected chi connectivity index (χ4v) is 4.39. The van der Waals surface area contributed by atoms with Crippen molar-refractivity contribution in [3.05, 3.63) is 79.9 Å². The van der Waals surface area contributed by atoms with Crippen molar-refractivity contribution in [2.24, 2.45) is 11.8 Å². The molecule has 0 bridgehead atoms. The summed E-state index contributed by atoms with van der Waals surface area (Å²) in [6.45, 7) is 0. The normalized spacial score (nSPS) is 22.6. The first-order chi connectivity index (χ1) is 16.1. The Kier molecular flexibility index (Phi) is 7.01. The van der Waals surface area contributed by atoms with Gasteiger partial charge >= 0.3 is 11.9 Å². The Morgan fingerprint density at radius 1 is 0.824 bits per heavy atom. The van der Waals surface area contributed by atoms with Gasteiger partial charge in [0.15, 0.2) is 5.78 Å². The maximum Gasteiger partial charge on any atom is 0.318 e. The van der Waals surface area contributed by atoms with Crippen LogP contribution < -0.4 is 0 Å². The van der Waals surface area contributed by atoms with E-state index in [-0.39, 0.29) is 22.5 Å². The lowest BCUT2D eigenvalue weighted by Gasteiger charge is -2.45. The number of methoxy groups -OCH3 is 2. The molecule has 1 aliphatic heterocycles. The van der Waals surface area contributed by atoms with E-state index in [0.29, 0.717) is 0 Å². The standard InChI is InChI=1S/C22H21N3O9/c1-23-18(12-6-4-8-14(10-12)24(29)30)16(21(27)33-2)20(26)17(22(28)34-3)19(23)13-7-5-9-15(11-13)25(31)32/h4-11,16-19H,1-3H3. The molecule has 3 rings (SSSR count). The zero-order chi connectivity index (χ0) is 25.2. The molecule has 4 atom stereocenters. The molecule has 1 heterocycles. The van der Waals surface area contributed by atoms with Crippen LogP contribution in [0.4, 0.5) is 11.4 Å². The summed E-state index contributed by atoms with van der Waals surface area (Å²) in [6.07, 6.45) is 0. The van der Waals surface area contributed by atoms with Gasteiger partial charge < -0.3 is 9.47 Å². The van der Waals surface area contributed by atoms with Crippen LogP contribution in [0.3, 0.4) is 0 Å². The van der Waals surface area contributed by atoms with E-state index in [1.165, 1.54) is 60.5 Å². The number of carbonyl (C=O) groups excluding carboxylic acids is 3. The van der Waals surface area contributed by atoms with Crippen molar-refractivity contribution in [1.82, 2.24) is 4.90 Å². The molecule has 34 heavy (non-hydrogen) atoms. The molecule has 1 saturated heterocycles. The fraction of sp³-hybridized carbons (Fsp3) is 0.318. The summed E-state index contributed by atoms with van der Waals surface area (Å²) in [7, 11) is 3.69. The number of hydrogen-bond donors (Lipinski definition) is 0. The summed E-state index contributed by atoms with van der Waals surface area (Å²) in [5.74, 6) is -5.68. The van der Waals surface area contributed by atoms with Gasteiger partial charge in [-0.25, -0.2) is 0 Å². The van der Waals surface area contributed by atoms with Crippen LogP contribution in [-0.2, 0) is 23.9 Å². The molecule has 4 unspecified atom stereocenters. The highest BCUT2D eigenvalue weighted by atomic mass is 16.6. The molecule has 0 spiro atoms. The molecule has 1 fully saturated rings. The second-order valence-corrected chi connectivity index (χ2v) is 7.66. The van der Waals surface area contributed by atoms with Gasteiger partial charge in [-0.05, 0) is 18.2 Å². The van der Waals surface area contributed by atoms with Crippen LogP contribution in [0.5, 0.6) is 0 Å². The summed E-state index contributed by atoms with van der Waals surface area (Å²) < 4.78 is 9.66. The molecule has 178 valence electrons. The Morgan fingerprint density at radius 3 is 1.53 bits per heavy atom. The molecule has 12 nitrogen and oxygen atoms in total. The molecule has 0 saturated carbocycles. The van der Waals surface area contributed by atoms with Gasteiger partial charge in [0.05, 0.1) is 36.1 Å². The highest BCUT2D eigenvalue weighted by molar-refractivity contribution is 6.10. The minimum absolute atomic E-state index is 0.260. The average molecular weight is 471 g/mol. The number of benzene rings is 2. The number of carbonyl (C=O) groups is 3. The Hall–Kier alpha value is -4.19. The van der Waals surface area contributed by atoms with E-state index in [4.69, 9.17) is 9.47 Å². The minimum Gasteiger partial charge on any atom is -0.468 e. The smallest absolute Gasteiger partial charge is 0.318 e. The molecule has 12 heteroatoms. The molecular formula is C22H21N3O9. The van der Waals surface area contributed by atoms with Crippen LogP contribution in [-0.4, -0.2) is 53.7 Å². The third-order valence-corrected chi connectivity index (χ3v) is 5.88. The zero-order valence-corrected chi connectivity index (χ0v) is 18.4. The fourth-order valence-electron chi connectivity index (χ4n) is 4.39. The zero-order valence-electron chi connectivity index (χ0n) is 18.4. The van der Waals surface area contributed by atoms with Crippen molar-refractivity contribution in [2.45, 2.75) is 12.1 Å². The summed E-state index contributed by atoms with van der Waals surface area (Å²) in [6, 6.07) is 8.70. The highest BCUT2D eigenvalue weighted by Crippen LogP contribution is 2.47. The van der Waals surface area contributed by atoms with Crippen molar-refractivity contribution in [3.63, 3.8) is 0 Å². The molecule has 0 aromatic heterocycles. The second-order valence-electron chi connectivity index (χ2n) is 7.66. The molecule has 0 N–H and O–H groups in total. The van der Waals surface area contributed by atoms with E-state index < -0.39 is 51.5 Å². The third kappa shape index (κ3) is 4.35. The number of nitrogens with zero attached hydrogens (tertiary/aromatic N) is 3. The second kappa shape index (κ2) is 9.75. The van der Waals surface area contributed by atoms with Crippen LogP contribution in [0.15, 0.2) is 48.5 Å².